The molecule has 0 aromatic carbocycles. The number of ether oxygens (including phenoxy) is 1. The number of amides is 1. The van der Waals surface area contributed by atoms with Gasteiger partial charge in [0.2, 0.25) is 10.1 Å². The fourth-order valence-corrected chi connectivity index (χ4v) is 1.88. The van der Waals surface area contributed by atoms with Crippen LogP contribution in [0.4, 0.5) is 5.13 Å². The summed E-state index contributed by atoms with van der Waals surface area (Å²) >= 11 is 1.23. The molecular formula is C10H16N4O2S. The zero-order valence-corrected chi connectivity index (χ0v) is 10.5. The standard InChI is InChI=1S/C10H16N4O2S/c1-11-10-14-13-9(17-10)8(15)12-4-5-16-6-7-2-3-7/h7H,2-6H2,1H3,(H,11,14)(H,12,15). The minimum atomic E-state index is -0.195. The van der Waals surface area contributed by atoms with Crippen LogP contribution in [0, 0.1) is 5.92 Å². The molecular weight excluding hydrogens is 240 g/mol. The van der Waals surface area contributed by atoms with Crippen LogP contribution in [0.1, 0.15) is 22.6 Å². The van der Waals surface area contributed by atoms with Crippen molar-refractivity contribution in [1.82, 2.24) is 15.5 Å². The quantitative estimate of drug-likeness (QED) is 0.704. The van der Waals surface area contributed by atoms with Gasteiger partial charge in [0.1, 0.15) is 0 Å². The maximum absolute atomic E-state index is 11.6. The van der Waals surface area contributed by atoms with Crippen molar-refractivity contribution in [3.8, 4) is 0 Å². The zero-order chi connectivity index (χ0) is 12.1. The van der Waals surface area contributed by atoms with Crippen molar-refractivity contribution in [2.75, 3.05) is 32.1 Å². The summed E-state index contributed by atoms with van der Waals surface area (Å²) in [5.74, 6) is 0.561. The molecule has 2 rings (SSSR count). The minimum Gasteiger partial charge on any atom is -0.379 e. The lowest BCUT2D eigenvalue weighted by atomic mass is 10.5. The molecule has 1 fully saturated rings. The van der Waals surface area contributed by atoms with Gasteiger partial charge in [-0.25, -0.2) is 0 Å². The van der Waals surface area contributed by atoms with Gasteiger partial charge >= 0.3 is 0 Å². The van der Waals surface area contributed by atoms with Crippen LogP contribution in [-0.4, -0.2) is 42.9 Å². The highest BCUT2D eigenvalue weighted by molar-refractivity contribution is 7.17. The van der Waals surface area contributed by atoms with Crippen LogP contribution in [-0.2, 0) is 4.74 Å². The van der Waals surface area contributed by atoms with E-state index in [1.807, 2.05) is 0 Å². The molecule has 0 unspecified atom stereocenters. The molecule has 1 aromatic heterocycles. The first kappa shape index (κ1) is 12.3. The first-order valence-corrected chi connectivity index (χ1v) is 6.48. The van der Waals surface area contributed by atoms with Gasteiger partial charge in [0.15, 0.2) is 0 Å². The second-order valence-corrected chi connectivity index (χ2v) is 4.91. The van der Waals surface area contributed by atoms with E-state index in [1.165, 1.54) is 24.2 Å². The highest BCUT2D eigenvalue weighted by Crippen LogP contribution is 2.28. The van der Waals surface area contributed by atoms with Crippen LogP contribution in [0.15, 0.2) is 0 Å². The summed E-state index contributed by atoms with van der Waals surface area (Å²) in [6, 6.07) is 0. The molecule has 94 valence electrons. The predicted molar refractivity (Wildman–Crippen MR) is 65.3 cm³/mol. The van der Waals surface area contributed by atoms with E-state index in [-0.39, 0.29) is 5.91 Å². The van der Waals surface area contributed by atoms with Gasteiger partial charge < -0.3 is 15.4 Å². The van der Waals surface area contributed by atoms with E-state index in [1.54, 1.807) is 7.05 Å². The average Bonchev–Trinajstić information content (AvgIpc) is 3.03. The van der Waals surface area contributed by atoms with E-state index in [0.717, 1.165) is 12.5 Å². The molecule has 0 spiro atoms. The molecule has 0 saturated heterocycles. The first-order valence-electron chi connectivity index (χ1n) is 5.67. The molecule has 2 N–H and O–H groups in total. The molecule has 1 aliphatic rings. The largest absolute Gasteiger partial charge is 0.379 e. The molecule has 7 heteroatoms. The van der Waals surface area contributed by atoms with Crippen LogP contribution >= 0.6 is 11.3 Å². The van der Waals surface area contributed by atoms with Crippen molar-refractivity contribution in [3.63, 3.8) is 0 Å². The molecule has 0 bridgehead atoms. The number of hydrogen-bond acceptors (Lipinski definition) is 6. The van der Waals surface area contributed by atoms with E-state index in [9.17, 15) is 4.79 Å². The number of carbonyl (C=O) groups excluding carboxylic acids is 1. The Hall–Kier alpha value is -1.21. The van der Waals surface area contributed by atoms with Gasteiger partial charge in [-0.3, -0.25) is 4.79 Å². The summed E-state index contributed by atoms with van der Waals surface area (Å²) in [6.07, 6.45) is 2.56. The molecule has 1 heterocycles. The number of nitrogens with one attached hydrogen (secondary N) is 2. The Kier molecular flexibility index (Phi) is 4.27. The number of hydrogen-bond donors (Lipinski definition) is 2. The van der Waals surface area contributed by atoms with Gasteiger partial charge in [-0.15, -0.1) is 10.2 Å². The van der Waals surface area contributed by atoms with Gasteiger partial charge in [-0.05, 0) is 18.8 Å². The maximum Gasteiger partial charge on any atom is 0.282 e. The van der Waals surface area contributed by atoms with Crippen molar-refractivity contribution >= 4 is 22.4 Å². The van der Waals surface area contributed by atoms with Crippen LogP contribution < -0.4 is 10.6 Å². The van der Waals surface area contributed by atoms with Crippen molar-refractivity contribution in [3.05, 3.63) is 5.01 Å². The third-order valence-electron chi connectivity index (χ3n) is 2.42. The highest BCUT2D eigenvalue weighted by Gasteiger charge is 2.21. The van der Waals surface area contributed by atoms with Gasteiger partial charge in [-0.1, -0.05) is 11.3 Å². The summed E-state index contributed by atoms with van der Waals surface area (Å²) in [7, 11) is 1.74. The third kappa shape index (κ3) is 3.94. The third-order valence-corrected chi connectivity index (χ3v) is 3.36. The van der Waals surface area contributed by atoms with Crippen molar-refractivity contribution in [1.29, 1.82) is 0 Å². The summed E-state index contributed by atoms with van der Waals surface area (Å²) in [4.78, 5) is 11.6. The van der Waals surface area contributed by atoms with Gasteiger partial charge in [0.05, 0.1) is 6.61 Å². The predicted octanol–water partition coefficient (Wildman–Crippen LogP) is 0.736. The molecule has 0 atom stereocenters. The summed E-state index contributed by atoms with van der Waals surface area (Å²) in [5.41, 5.74) is 0. The van der Waals surface area contributed by atoms with Crippen LogP contribution in [0.5, 0.6) is 0 Å². The summed E-state index contributed by atoms with van der Waals surface area (Å²) in [5, 5.41) is 14.2. The molecule has 0 aliphatic heterocycles. The Morgan fingerprint density at radius 3 is 3.00 bits per heavy atom. The van der Waals surface area contributed by atoms with E-state index in [0.29, 0.717) is 23.3 Å². The number of anilines is 1. The van der Waals surface area contributed by atoms with Crippen LogP contribution in [0.3, 0.4) is 0 Å². The fraction of sp³-hybridized carbons (Fsp3) is 0.700. The zero-order valence-electron chi connectivity index (χ0n) is 9.73. The number of nitrogens with zero attached hydrogens (tertiary/aromatic N) is 2. The minimum absolute atomic E-state index is 0.195. The Bertz CT molecular complexity index is 378. The molecule has 17 heavy (non-hydrogen) atoms. The Balaban J connectivity index is 1.62. The maximum atomic E-state index is 11.6. The monoisotopic (exact) mass is 256 g/mol. The normalized spacial score (nSPS) is 14.6. The average molecular weight is 256 g/mol. The van der Waals surface area contributed by atoms with E-state index in [2.05, 4.69) is 20.8 Å². The van der Waals surface area contributed by atoms with Crippen molar-refractivity contribution < 1.29 is 9.53 Å². The van der Waals surface area contributed by atoms with Crippen LogP contribution in [0.2, 0.25) is 0 Å². The second kappa shape index (κ2) is 5.92. The fourth-order valence-electron chi connectivity index (χ4n) is 1.26. The molecule has 0 radical (unpaired) electrons. The van der Waals surface area contributed by atoms with E-state index < -0.39 is 0 Å². The topological polar surface area (TPSA) is 76.1 Å². The molecule has 1 amide bonds. The highest BCUT2D eigenvalue weighted by atomic mass is 32.1. The first-order chi connectivity index (χ1) is 8.29. The smallest absolute Gasteiger partial charge is 0.282 e. The lowest BCUT2D eigenvalue weighted by molar-refractivity contribution is 0.0905. The van der Waals surface area contributed by atoms with E-state index in [4.69, 9.17) is 4.74 Å². The summed E-state index contributed by atoms with van der Waals surface area (Å²) < 4.78 is 5.41. The summed E-state index contributed by atoms with van der Waals surface area (Å²) in [6.45, 7) is 1.89. The number of rotatable bonds is 7. The van der Waals surface area contributed by atoms with Gasteiger partial charge in [0, 0.05) is 20.2 Å². The van der Waals surface area contributed by atoms with Crippen molar-refractivity contribution in [2.45, 2.75) is 12.8 Å². The molecule has 1 aliphatic carbocycles. The van der Waals surface area contributed by atoms with Crippen LogP contribution in [0.25, 0.3) is 0 Å². The van der Waals surface area contributed by atoms with Crippen molar-refractivity contribution in [2.24, 2.45) is 5.92 Å². The SMILES string of the molecule is CNc1nnc(C(=O)NCCOCC2CC2)s1. The van der Waals surface area contributed by atoms with E-state index >= 15 is 0 Å². The Morgan fingerprint density at radius 2 is 2.35 bits per heavy atom. The Labute approximate surface area is 104 Å². The lowest BCUT2D eigenvalue weighted by Crippen LogP contribution is -2.27. The number of aromatic nitrogens is 2. The molecule has 6 nitrogen and oxygen atoms in total. The Morgan fingerprint density at radius 1 is 1.53 bits per heavy atom. The molecule has 1 saturated carbocycles. The molecule has 1 aromatic rings. The van der Waals surface area contributed by atoms with Gasteiger partial charge in [0.25, 0.3) is 5.91 Å². The lowest BCUT2D eigenvalue weighted by Gasteiger charge is -2.03. The number of carbonyl (C=O) groups is 1. The second-order valence-electron chi connectivity index (χ2n) is 3.94. The van der Waals surface area contributed by atoms with Gasteiger partial charge in [-0.2, -0.15) is 0 Å².